The molecule has 1 fully saturated rings. The van der Waals surface area contributed by atoms with Crippen LogP contribution in [-0.4, -0.2) is 112 Å². The number of hydrogen-bond donors (Lipinski definition) is 0. The quantitative estimate of drug-likeness (QED) is 0.0809. The van der Waals surface area contributed by atoms with Crippen molar-refractivity contribution in [2.75, 3.05) is 27.4 Å². The van der Waals surface area contributed by atoms with Gasteiger partial charge >= 0.3 is 47.8 Å². The summed E-state index contributed by atoms with van der Waals surface area (Å²) in [4.78, 5) is 97.9. The number of ether oxygens (including phenoxy) is 11. The second-order valence-electron chi connectivity index (χ2n) is 11.9. The van der Waals surface area contributed by atoms with Crippen molar-refractivity contribution in [2.24, 2.45) is 5.92 Å². The van der Waals surface area contributed by atoms with Gasteiger partial charge in [0.25, 0.3) is 0 Å². The molecule has 56 heavy (non-hydrogen) atoms. The zero-order valence-corrected chi connectivity index (χ0v) is 31.5. The van der Waals surface area contributed by atoms with Gasteiger partial charge in [-0.3, -0.25) is 28.8 Å². The molecule has 0 spiro atoms. The summed E-state index contributed by atoms with van der Waals surface area (Å²) in [7, 11) is 2.22. The normalized spacial score (nSPS) is 23.7. The molecule has 0 aliphatic carbocycles. The number of carbonyl (C=O) groups excluding carboxylic acids is 8. The van der Waals surface area contributed by atoms with Crippen molar-refractivity contribution >= 4 is 53.8 Å². The number of esters is 8. The predicted molar refractivity (Wildman–Crippen MR) is 184 cm³/mol. The minimum atomic E-state index is -1.74. The van der Waals surface area contributed by atoms with Crippen LogP contribution in [0.4, 0.5) is 0 Å². The van der Waals surface area contributed by atoms with Crippen LogP contribution < -0.4 is 4.74 Å². The molecular weight excluding hydrogens is 748 g/mol. The first-order valence-corrected chi connectivity index (χ1v) is 16.8. The van der Waals surface area contributed by atoms with E-state index >= 15 is 0 Å². The van der Waals surface area contributed by atoms with Crippen LogP contribution in [0.15, 0.2) is 53.8 Å². The highest BCUT2D eigenvalue weighted by Gasteiger charge is 2.54. The number of methoxy groups -OCH3 is 2. The van der Waals surface area contributed by atoms with E-state index in [1.807, 2.05) is 0 Å². The van der Waals surface area contributed by atoms with E-state index in [1.165, 1.54) is 31.2 Å². The molecule has 2 aliphatic heterocycles. The van der Waals surface area contributed by atoms with Crippen LogP contribution in [0.2, 0.25) is 0 Å². The number of hydrogen-bond acceptors (Lipinski definition) is 19. The topological polar surface area (TPSA) is 238 Å². The molecule has 19 heteroatoms. The molecule has 0 aromatic heterocycles. The summed E-state index contributed by atoms with van der Waals surface area (Å²) in [6.07, 6.45) is -5.12. The van der Waals surface area contributed by atoms with Gasteiger partial charge in [0.1, 0.15) is 25.1 Å². The summed E-state index contributed by atoms with van der Waals surface area (Å²) in [5.41, 5.74) is 0.416. The number of carbonyl (C=O) groups is 8. The summed E-state index contributed by atoms with van der Waals surface area (Å²) in [5, 5.41) is 0. The Hall–Kier alpha value is -6.08. The summed E-state index contributed by atoms with van der Waals surface area (Å²) in [6, 6.07) is 6.24. The van der Waals surface area contributed by atoms with Crippen molar-refractivity contribution < 1.29 is 90.5 Å². The SMILES string of the molecule is COC(=O)C[C@@H]1C(C(=O)OC)=CO[C@@H](O[C@@H]2O[C@H](COC(C)=O)[C@@H](OC(C)=O)[C@H](OC(C)=O)[C@H]2OC(C)=O)/C1=C/COC(=O)/C=C\c1ccc(OC(C)=O)cc1. The van der Waals surface area contributed by atoms with E-state index in [0.29, 0.717) is 11.3 Å². The van der Waals surface area contributed by atoms with E-state index in [0.717, 1.165) is 54.3 Å². The van der Waals surface area contributed by atoms with Gasteiger partial charge in [-0.05, 0) is 29.8 Å². The molecule has 0 saturated carbocycles. The van der Waals surface area contributed by atoms with E-state index in [2.05, 4.69) is 0 Å². The van der Waals surface area contributed by atoms with Gasteiger partial charge in [-0.25, -0.2) is 9.59 Å². The van der Waals surface area contributed by atoms with Crippen LogP contribution in [0.1, 0.15) is 46.6 Å². The van der Waals surface area contributed by atoms with Crippen LogP contribution in [0.5, 0.6) is 5.75 Å². The van der Waals surface area contributed by atoms with Crippen molar-refractivity contribution in [1.29, 1.82) is 0 Å². The molecule has 1 saturated heterocycles. The largest absolute Gasteiger partial charge is 0.469 e. The van der Waals surface area contributed by atoms with Gasteiger partial charge in [-0.2, -0.15) is 0 Å². The smallest absolute Gasteiger partial charge is 0.337 e. The van der Waals surface area contributed by atoms with Gasteiger partial charge in [-0.1, -0.05) is 12.1 Å². The summed E-state index contributed by atoms with van der Waals surface area (Å²) in [5.74, 6) is -7.23. The van der Waals surface area contributed by atoms with Gasteiger partial charge in [0.05, 0.1) is 32.5 Å². The first kappa shape index (κ1) is 44.3. The fourth-order valence-corrected chi connectivity index (χ4v) is 5.44. The highest BCUT2D eigenvalue weighted by molar-refractivity contribution is 5.91. The first-order valence-electron chi connectivity index (χ1n) is 16.8. The molecule has 2 heterocycles. The third kappa shape index (κ3) is 13.3. The van der Waals surface area contributed by atoms with Crippen molar-refractivity contribution in [3.05, 3.63) is 59.4 Å². The van der Waals surface area contributed by atoms with Gasteiger partial charge in [0.2, 0.25) is 12.6 Å². The maximum Gasteiger partial charge on any atom is 0.337 e. The van der Waals surface area contributed by atoms with E-state index in [4.69, 9.17) is 52.1 Å². The average Bonchev–Trinajstić information content (AvgIpc) is 3.12. The fraction of sp³-hybridized carbons (Fsp3) is 0.459. The Morgan fingerprint density at radius 2 is 1.36 bits per heavy atom. The van der Waals surface area contributed by atoms with Crippen LogP contribution in [-0.2, 0) is 85.7 Å². The van der Waals surface area contributed by atoms with E-state index < -0.39 is 110 Å². The molecule has 0 radical (unpaired) electrons. The molecule has 0 unspecified atom stereocenters. The Morgan fingerprint density at radius 3 is 1.93 bits per heavy atom. The van der Waals surface area contributed by atoms with Crippen LogP contribution in [0, 0.1) is 5.92 Å². The summed E-state index contributed by atoms with van der Waals surface area (Å²) < 4.78 is 59.4. The Bertz CT molecular complexity index is 1720. The van der Waals surface area contributed by atoms with Gasteiger partial charge < -0.3 is 52.1 Å². The lowest BCUT2D eigenvalue weighted by Crippen LogP contribution is -2.63. The fourth-order valence-electron chi connectivity index (χ4n) is 5.44. The van der Waals surface area contributed by atoms with Gasteiger partial charge in [0, 0.05) is 52.2 Å². The Labute approximate surface area is 320 Å². The van der Waals surface area contributed by atoms with Gasteiger partial charge in [-0.15, -0.1) is 0 Å². The van der Waals surface area contributed by atoms with Crippen LogP contribution >= 0.6 is 0 Å². The standard InChI is InChI=1S/C37H42O19/c1-19(38)49-18-29-32(52-21(3)40)33(53-22(4)41)34(54-23(5)42)37(55-29)56-36-26(27(16-31(44)46-6)28(17-50-36)35(45)47-7)14-15-48-30(43)13-10-24-8-11-25(12-9-24)51-20(2)39/h8-14,17,27,29,32-34,36-37H,15-16,18H2,1-7H3/b13-10-,26-14+/t27-,29+,32+,33-,34+,36-,37-/m0/s1. The highest BCUT2D eigenvalue weighted by Crippen LogP contribution is 2.37. The Morgan fingerprint density at radius 1 is 0.732 bits per heavy atom. The minimum Gasteiger partial charge on any atom is -0.469 e. The monoisotopic (exact) mass is 790 g/mol. The van der Waals surface area contributed by atoms with Crippen molar-refractivity contribution in [1.82, 2.24) is 0 Å². The average molecular weight is 791 g/mol. The van der Waals surface area contributed by atoms with Crippen molar-refractivity contribution in [3.63, 3.8) is 0 Å². The maximum atomic E-state index is 12.9. The number of benzene rings is 1. The molecule has 19 nitrogen and oxygen atoms in total. The predicted octanol–water partition coefficient (Wildman–Crippen LogP) is 1.79. The molecule has 0 bridgehead atoms. The molecule has 1 aromatic rings. The van der Waals surface area contributed by atoms with Crippen molar-refractivity contribution in [2.45, 2.75) is 78.0 Å². The van der Waals surface area contributed by atoms with Crippen LogP contribution in [0.3, 0.4) is 0 Å². The van der Waals surface area contributed by atoms with Crippen molar-refractivity contribution in [3.8, 4) is 5.75 Å². The number of rotatable bonds is 15. The third-order valence-corrected chi connectivity index (χ3v) is 7.69. The molecule has 0 amide bonds. The molecule has 2 aliphatic rings. The zero-order valence-electron chi connectivity index (χ0n) is 31.5. The highest BCUT2D eigenvalue weighted by atomic mass is 16.8. The summed E-state index contributed by atoms with van der Waals surface area (Å²) in [6.45, 7) is 4.48. The second-order valence-corrected chi connectivity index (χ2v) is 11.9. The van der Waals surface area contributed by atoms with Crippen LogP contribution in [0.25, 0.3) is 6.08 Å². The molecule has 304 valence electrons. The Balaban J connectivity index is 2.03. The lowest BCUT2D eigenvalue weighted by molar-refractivity contribution is -0.331. The molecular formula is C37H42O19. The minimum absolute atomic E-state index is 0.00370. The zero-order chi connectivity index (χ0) is 41.5. The molecule has 0 N–H and O–H groups in total. The first-order chi connectivity index (χ1) is 26.5. The molecule has 1 aromatic carbocycles. The lowest BCUT2D eigenvalue weighted by atomic mass is 9.86. The van der Waals surface area contributed by atoms with E-state index in [-0.39, 0.29) is 11.1 Å². The maximum absolute atomic E-state index is 12.9. The summed E-state index contributed by atoms with van der Waals surface area (Å²) >= 11 is 0. The Kier molecular flexibility index (Phi) is 16.7. The second kappa shape index (κ2) is 21.1. The van der Waals surface area contributed by atoms with Gasteiger partial charge in [0.15, 0.2) is 18.3 Å². The third-order valence-electron chi connectivity index (χ3n) is 7.69. The lowest BCUT2D eigenvalue weighted by Gasteiger charge is -2.45. The molecule has 3 rings (SSSR count). The van der Waals surface area contributed by atoms with E-state index in [9.17, 15) is 38.4 Å². The van der Waals surface area contributed by atoms with E-state index in [1.54, 1.807) is 12.1 Å². The molecule has 7 atom stereocenters.